The molecular weight excluding hydrogens is 441 g/mol. The summed E-state index contributed by atoms with van der Waals surface area (Å²) >= 11 is 1.44. The molecule has 1 N–H and O–H groups in total. The second kappa shape index (κ2) is 8.37. The minimum absolute atomic E-state index is 0.0615. The molecule has 0 unspecified atom stereocenters. The SMILES string of the molecule is CCn1nc(C)cc1C(=O)NC[C@@H]1[C@H]2C[C@H]2CN1C(=O)c1nc(C)sc1-c1ccc(F)cc1. The molecule has 3 atom stereocenters. The Morgan fingerprint density at radius 2 is 2.00 bits per heavy atom. The number of carbonyl (C=O) groups is 2. The van der Waals surface area contributed by atoms with Crippen molar-refractivity contribution >= 4 is 23.2 Å². The number of piperidine rings is 1. The second-order valence-electron chi connectivity index (χ2n) is 8.80. The molecule has 1 aliphatic heterocycles. The van der Waals surface area contributed by atoms with Crippen LogP contribution in [0.5, 0.6) is 0 Å². The summed E-state index contributed by atoms with van der Waals surface area (Å²) in [5.41, 5.74) is 2.52. The average molecular weight is 468 g/mol. The number of thiazole rings is 1. The van der Waals surface area contributed by atoms with Crippen molar-refractivity contribution < 1.29 is 14.0 Å². The van der Waals surface area contributed by atoms with E-state index in [4.69, 9.17) is 0 Å². The average Bonchev–Trinajstić information content (AvgIpc) is 3.12. The Bertz CT molecular complexity index is 1220. The van der Waals surface area contributed by atoms with E-state index in [9.17, 15) is 14.0 Å². The number of nitrogens with one attached hydrogen (secondary N) is 1. The maximum atomic E-state index is 13.6. The third kappa shape index (κ3) is 4.06. The summed E-state index contributed by atoms with van der Waals surface area (Å²) in [7, 11) is 0. The van der Waals surface area contributed by atoms with Crippen molar-refractivity contribution in [2.45, 2.75) is 39.8 Å². The van der Waals surface area contributed by atoms with Crippen molar-refractivity contribution in [3.8, 4) is 10.4 Å². The Morgan fingerprint density at radius 3 is 2.73 bits per heavy atom. The van der Waals surface area contributed by atoms with Gasteiger partial charge in [0.25, 0.3) is 11.8 Å². The first-order valence-electron chi connectivity index (χ1n) is 11.2. The van der Waals surface area contributed by atoms with Crippen molar-refractivity contribution in [2.24, 2.45) is 11.8 Å². The fourth-order valence-corrected chi connectivity index (χ4v) is 5.74. The number of rotatable bonds is 6. The van der Waals surface area contributed by atoms with Crippen LogP contribution in [0.4, 0.5) is 4.39 Å². The van der Waals surface area contributed by atoms with Gasteiger partial charge >= 0.3 is 0 Å². The highest BCUT2D eigenvalue weighted by Gasteiger charge is 2.54. The number of benzene rings is 1. The molecule has 3 heterocycles. The van der Waals surface area contributed by atoms with Gasteiger partial charge in [-0.1, -0.05) is 12.1 Å². The van der Waals surface area contributed by atoms with Crippen molar-refractivity contribution in [3.05, 3.63) is 58.2 Å². The molecule has 3 aromatic rings. The zero-order chi connectivity index (χ0) is 23.3. The fraction of sp³-hybridized carbons (Fsp3) is 0.417. The predicted molar refractivity (Wildman–Crippen MR) is 124 cm³/mol. The van der Waals surface area contributed by atoms with Crippen LogP contribution in [0, 0.1) is 31.5 Å². The fourth-order valence-electron chi connectivity index (χ4n) is 4.83. The lowest BCUT2D eigenvalue weighted by molar-refractivity contribution is 0.0690. The summed E-state index contributed by atoms with van der Waals surface area (Å²) in [5.74, 6) is 0.266. The van der Waals surface area contributed by atoms with Gasteiger partial charge < -0.3 is 10.2 Å². The van der Waals surface area contributed by atoms with Crippen molar-refractivity contribution in [3.63, 3.8) is 0 Å². The van der Waals surface area contributed by atoms with Gasteiger partial charge in [-0.05, 0) is 62.8 Å². The number of aryl methyl sites for hydroxylation is 3. The maximum Gasteiger partial charge on any atom is 0.274 e. The molecule has 0 radical (unpaired) electrons. The lowest BCUT2D eigenvalue weighted by Gasteiger charge is -2.27. The smallest absolute Gasteiger partial charge is 0.274 e. The number of likely N-dealkylation sites (tertiary alicyclic amines) is 1. The number of aromatic nitrogens is 3. The second-order valence-corrected chi connectivity index (χ2v) is 10.0. The summed E-state index contributed by atoms with van der Waals surface area (Å²) in [4.78, 5) is 33.5. The standard InChI is InChI=1S/C24H26FN5O2S/c1-4-30-19(9-13(2)28-30)23(31)26-11-20-18-10-16(18)12-29(20)24(32)21-22(33-14(3)27-21)15-5-7-17(25)8-6-15/h5-9,16,18,20H,4,10-12H2,1-3H3,(H,26,31)/t16-,18-,20+/m0/s1. The molecule has 2 amide bonds. The Hall–Kier alpha value is -3.07. The molecule has 5 rings (SSSR count). The summed E-state index contributed by atoms with van der Waals surface area (Å²) in [6.07, 6.45) is 1.08. The summed E-state index contributed by atoms with van der Waals surface area (Å²) in [5, 5.41) is 8.16. The molecule has 1 aromatic carbocycles. The number of amides is 2. The molecule has 0 spiro atoms. The number of hydrogen-bond donors (Lipinski definition) is 1. The maximum absolute atomic E-state index is 13.6. The Labute approximate surface area is 195 Å². The van der Waals surface area contributed by atoms with Gasteiger partial charge in [-0.3, -0.25) is 14.3 Å². The first-order valence-corrected chi connectivity index (χ1v) is 12.0. The quantitative estimate of drug-likeness (QED) is 0.600. The molecule has 2 aliphatic rings. The van der Waals surface area contributed by atoms with E-state index < -0.39 is 0 Å². The number of carbonyl (C=O) groups excluding carboxylic acids is 2. The van der Waals surface area contributed by atoms with Crippen LogP contribution >= 0.6 is 11.3 Å². The number of nitrogens with zero attached hydrogens (tertiary/aromatic N) is 4. The van der Waals surface area contributed by atoms with E-state index in [1.54, 1.807) is 22.9 Å². The summed E-state index contributed by atoms with van der Waals surface area (Å²) < 4.78 is 15.1. The van der Waals surface area contributed by atoms with E-state index in [0.717, 1.165) is 27.6 Å². The van der Waals surface area contributed by atoms with Gasteiger partial charge in [0.05, 0.1) is 21.6 Å². The third-order valence-corrected chi connectivity index (χ3v) is 7.53. The van der Waals surface area contributed by atoms with Crippen LogP contribution in [0.2, 0.25) is 0 Å². The molecule has 1 saturated carbocycles. The molecule has 172 valence electrons. The number of hydrogen-bond acceptors (Lipinski definition) is 5. The van der Waals surface area contributed by atoms with Crippen molar-refractivity contribution in [1.82, 2.24) is 25.0 Å². The van der Waals surface area contributed by atoms with E-state index in [1.165, 1.54) is 23.5 Å². The van der Waals surface area contributed by atoms with Crippen LogP contribution in [0.1, 0.15) is 45.0 Å². The lowest BCUT2D eigenvalue weighted by Crippen LogP contribution is -2.46. The monoisotopic (exact) mass is 467 g/mol. The van der Waals surface area contributed by atoms with E-state index in [1.807, 2.05) is 25.7 Å². The molecule has 9 heteroatoms. The first-order chi connectivity index (χ1) is 15.9. The summed E-state index contributed by atoms with van der Waals surface area (Å²) in [6.45, 7) is 7.37. The van der Waals surface area contributed by atoms with Crippen LogP contribution in [-0.4, -0.2) is 50.6 Å². The van der Waals surface area contributed by atoms with Crippen molar-refractivity contribution in [2.75, 3.05) is 13.1 Å². The van der Waals surface area contributed by atoms with Crippen molar-refractivity contribution in [1.29, 1.82) is 0 Å². The molecule has 0 bridgehead atoms. The number of halogens is 1. The molecule has 7 nitrogen and oxygen atoms in total. The van der Waals surface area contributed by atoms with E-state index in [-0.39, 0.29) is 23.7 Å². The third-order valence-electron chi connectivity index (χ3n) is 6.51. The molecule has 33 heavy (non-hydrogen) atoms. The van der Waals surface area contributed by atoms with Gasteiger partial charge in [0.2, 0.25) is 0 Å². The Balaban J connectivity index is 1.35. The van der Waals surface area contributed by atoms with Crippen LogP contribution in [0.15, 0.2) is 30.3 Å². The number of fused-ring (bicyclic) bond motifs is 1. The van der Waals surface area contributed by atoms with Gasteiger partial charge in [0.1, 0.15) is 17.2 Å². The largest absolute Gasteiger partial charge is 0.349 e. The normalized spacial score (nSPS) is 21.2. The van der Waals surface area contributed by atoms with Crippen LogP contribution in [0.3, 0.4) is 0 Å². The van der Waals surface area contributed by atoms with Gasteiger partial charge in [0.15, 0.2) is 0 Å². The minimum Gasteiger partial charge on any atom is -0.349 e. The van der Waals surface area contributed by atoms with E-state index >= 15 is 0 Å². The van der Waals surface area contributed by atoms with Gasteiger partial charge in [-0.15, -0.1) is 11.3 Å². The highest BCUT2D eigenvalue weighted by molar-refractivity contribution is 7.15. The van der Waals surface area contributed by atoms with Gasteiger partial charge in [0, 0.05) is 19.6 Å². The lowest BCUT2D eigenvalue weighted by atomic mass is 10.1. The molecule has 1 saturated heterocycles. The van der Waals surface area contributed by atoms with E-state index in [2.05, 4.69) is 15.4 Å². The topological polar surface area (TPSA) is 80.1 Å². The zero-order valence-corrected chi connectivity index (χ0v) is 19.7. The Morgan fingerprint density at radius 1 is 1.24 bits per heavy atom. The first kappa shape index (κ1) is 21.8. The molecule has 2 aromatic heterocycles. The van der Waals surface area contributed by atoms with Crippen LogP contribution in [-0.2, 0) is 6.54 Å². The highest BCUT2D eigenvalue weighted by atomic mass is 32.1. The highest BCUT2D eigenvalue weighted by Crippen LogP contribution is 2.50. The van der Waals surface area contributed by atoms with Crippen LogP contribution < -0.4 is 5.32 Å². The Kier molecular flexibility index (Phi) is 5.52. The molecule has 2 fully saturated rings. The van der Waals surface area contributed by atoms with Gasteiger partial charge in [-0.2, -0.15) is 5.10 Å². The van der Waals surface area contributed by atoms with E-state index in [0.29, 0.717) is 42.9 Å². The van der Waals surface area contributed by atoms with Crippen LogP contribution in [0.25, 0.3) is 10.4 Å². The molecular formula is C24H26FN5O2S. The predicted octanol–water partition coefficient (Wildman–Crippen LogP) is 3.67. The molecule has 1 aliphatic carbocycles. The summed E-state index contributed by atoms with van der Waals surface area (Å²) in [6, 6.07) is 7.86. The zero-order valence-electron chi connectivity index (χ0n) is 18.8. The van der Waals surface area contributed by atoms with Gasteiger partial charge in [-0.25, -0.2) is 9.37 Å². The minimum atomic E-state index is -0.317.